The summed E-state index contributed by atoms with van der Waals surface area (Å²) in [5.74, 6) is -1.30. The van der Waals surface area contributed by atoms with Gasteiger partial charge in [-0.05, 0) is 114 Å². The lowest BCUT2D eigenvalue weighted by Gasteiger charge is -2.19. The van der Waals surface area contributed by atoms with Crippen molar-refractivity contribution in [2.75, 3.05) is 0 Å². The molecule has 0 amide bonds. The van der Waals surface area contributed by atoms with Crippen molar-refractivity contribution in [2.24, 2.45) is 10.8 Å². The molecule has 1 aliphatic carbocycles. The van der Waals surface area contributed by atoms with Gasteiger partial charge in [0, 0.05) is 0 Å². The number of hydrogen-bond donors (Lipinski definition) is 2. The van der Waals surface area contributed by atoms with E-state index in [-0.39, 0.29) is 5.41 Å². The lowest BCUT2D eigenvalue weighted by Crippen LogP contribution is -2.23. The van der Waals surface area contributed by atoms with E-state index in [1.165, 1.54) is 40.7 Å². The number of unbranched alkanes of at least 4 members (excludes halogenated alkanes) is 6. The molecule has 0 bridgehead atoms. The molecule has 0 radical (unpaired) electrons. The van der Waals surface area contributed by atoms with Gasteiger partial charge in [-0.15, -0.1) is 0 Å². The Morgan fingerprint density at radius 1 is 0.818 bits per heavy atom. The van der Waals surface area contributed by atoms with Crippen LogP contribution in [0.15, 0.2) is 6.07 Å². The third kappa shape index (κ3) is 7.86. The Morgan fingerprint density at radius 2 is 1.36 bits per heavy atom. The van der Waals surface area contributed by atoms with Gasteiger partial charge in [0.05, 0.1) is 10.8 Å². The van der Waals surface area contributed by atoms with Crippen LogP contribution in [0.3, 0.4) is 0 Å². The molecule has 186 valence electrons. The molecule has 0 spiro atoms. The summed E-state index contributed by atoms with van der Waals surface area (Å²) in [5.41, 5.74) is 6.26. The van der Waals surface area contributed by atoms with Crippen LogP contribution in [0.25, 0.3) is 0 Å². The molecule has 1 saturated carbocycles. The average molecular weight is 459 g/mol. The van der Waals surface area contributed by atoms with E-state index in [0.29, 0.717) is 0 Å². The quantitative estimate of drug-likeness (QED) is 0.250. The van der Waals surface area contributed by atoms with Crippen LogP contribution in [0.1, 0.15) is 119 Å². The number of carboxylic acid groups (broad SMARTS) is 2. The molecular weight excluding hydrogens is 412 g/mol. The van der Waals surface area contributed by atoms with Crippen LogP contribution in [0.2, 0.25) is 0 Å². The first-order chi connectivity index (χ1) is 15.5. The Labute approximate surface area is 201 Å². The molecular formula is C29H46O4. The molecule has 0 saturated heterocycles. The fourth-order valence-corrected chi connectivity index (χ4v) is 5.08. The zero-order valence-corrected chi connectivity index (χ0v) is 21.7. The third-order valence-electron chi connectivity index (χ3n) is 8.01. The zero-order chi connectivity index (χ0) is 24.6. The van der Waals surface area contributed by atoms with Crippen LogP contribution >= 0.6 is 0 Å². The van der Waals surface area contributed by atoms with E-state index in [0.717, 1.165) is 77.0 Å². The van der Waals surface area contributed by atoms with E-state index in [2.05, 4.69) is 26.8 Å². The second-order valence-corrected chi connectivity index (χ2v) is 11.2. The summed E-state index contributed by atoms with van der Waals surface area (Å²) in [6.45, 7) is 10.3. The maximum absolute atomic E-state index is 11.3. The van der Waals surface area contributed by atoms with E-state index in [1.54, 1.807) is 0 Å². The minimum Gasteiger partial charge on any atom is -0.481 e. The van der Waals surface area contributed by atoms with Gasteiger partial charge in [-0.3, -0.25) is 9.59 Å². The van der Waals surface area contributed by atoms with Gasteiger partial charge < -0.3 is 10.2 Å². The van der Waals surface area contributed by atoms with E-state index in [1.807, 2.05) is 13.8 Å². The summed E-state index contributed by atoms with van der Waals surface area (Å²) in [7, 11) is 0. The lowest BCUT2D eigenvalue weighted by molar-refractivity contribution is -0.147. The molecule has 0 unspecified atom stereocenters. The van der Waals surface area contributed by atoms with E-state index in [4.69, 9.17) is 0 Å². The molecule has 0 aromatic heterocycles. The molecule has 0 atom stereocenters. The third-order valence-corrected chi connectivity index (χ3v) is 8.01. The number of aryl methyl sites for hydroxylation is 2. The van der Waals surface area contributed by atoms with Crippen LogP contribution in [0.5, 0.6) is 0 Å². The highest BCUT2D eigenvalue weighted by Gasteiger charge is 2.49. The van der Waals surface area contributed by atoms with Crippen LogP contribution < -0.4 is 0 Å². The zero-order valence-electron chi connectivity index (χ0n) is 21.7. The highest BCUT2D eigenvalue weighted by Crippen LogP contribution is 2.50. The number of rotatable bonds is 16. The first kappa shape index (κ1) is 27.4. The van der Waals surface area contributed by atoms with Gasteiger partial charge in [0.15, 0.2) is 0 Å². The van der Waals surface area contributed by atoms with Crippen molar-refractivity contribution in [3.05, 3.63) is 33.9 Å². The molecule has 1 aliphatic rings. The van der Waals surface area contributed by atoms with Gasteiger partial charge in [-0.2, -0.15) is 0 Å². The molecule has 2 rings (SSSR count). The topological polar surface area (TPSA) is 74.6 Å². The molecule has 33 heavy (non-hydrogen) atoms. The molecule has 0 aliphatic heterocycles. The molecule has 1 aromatic carbocycles. The number of benzene rings is 1. The highest BCUT2D eigenvalue weighted by atomic mass is 16.4. The first-order valence-electron chi connectivity index (χ1n) is 13.1. The van der Waals surface area contributed by atoms with Crippen LogP contribution in [0.4, 0.5) is 0 Å². The van der Waals surface area contributed by atoms with Gasteiger partial charge in [0.2, 0.25) is 0 Å². The maximum Gasteiger partial charge on any atom is 0.309 e. The minimum absolute atomic E-state index is 0.374. The Balaban J connectivity index is 1.79. The number of hydrogen-bond acceptors (Lipinski definition) is 2. The summed E-state index contributed by atoms with van der Waals surface area (Å²) in [4.78, 5) is 22.6. The smallest absolute Gasteiger partial charge is 0.309 e. The van der Waals surface area contributed by atoms with Crippen molar-refractivity contribution >= 4 is 11.9 Å². The fraction of sp³-hybridized carbons (Fsp3) is 0.724. The SMILES string of the molecule is Cc1cc(C)c(CCCCCCC2(C(=O)O)CC2)c(CCCCCCC(C)(C)C(=O)O)c1C. The highest BCUT2D eigenvalue weighted by molar-refractivity contribution is 5.77. The van der Waals surface area contributed by atoms with Gasteiger partial charge in [0.1, 0.15) is 0 Å². The van der Waals surface area contributed by atoms with Crippen LogP contribution in [-0.4, -0.2) is 22.2 Å². The van der Waals surface area contributed by atoms with Gasteiger partial charge in [-0.1, -0.05) is 44.6 Å². The van der Waals surface area contributed by atoms with Crippen molar-refractivity contribution < 1.29 is 19.8 Å². The fourth-order valence-electron chi connectivity index (χ4n) is 5.08. The Morgan fingerprint density at radius 3 is 1.91 bits per heavy atom. The summed E-state index contributed by atoms with van der Waals surface area (Å²) >= 11 is 0. The summed E-state index contributed by atoms with van der Waals surface area (Å²) in [5, 5.41) is 18.6. The van der Waals surface area contributed by atoms with Crippen molar-refractivity contribution in [1.29, 1.82) is 0 Å². The standard InChI is InChI=1S/C29H46O4/c1-21-20-22(2)24(14-10-7-9-13-17-29(18-19-29)27(32)33)25(23(21)3)15-11-6-8-12-16-28(4,5)26(30)31/h20H,6-19H2,1-5H3,(H,30,31)(H,32,33). The number of carbonyl (C=O) groups is 2. The van der Waals surface area contributed by atoms with Crippen LogP contribution in [-0.2, 0) is 22.4 Å². The average Bonchev–Trinajstić information content (AvgIpc) is 3.53. The summed E-state index contributed by atoms with van der Waals surface area (Å²) < 4.78 is 0. The summed E-state index contributed by atoms with van der Waals surface area (Å²) in [6.07, 6.45) is 14.4. The maximum atomic E-state index is 11.3. The molecule has 4 heteroatoms. The molecule has 2 N–H and O–H groups in total. The predicted molar refractivity (Wildman–Crippen MR) is 135 cm³/mol. The van der Waals surface area contributed by atoms with Gasteiger partial charge >= 0.3 is 11.9 Å². The Hall–Kier alpha value is -1.84. The van der Waals surface area contributed by atoms with Crippen molar-refractivity contribution in [1.82, 2.24) is 0 Å². The molecule has 1 aromatic rings. The van der Waals surface area contributed by atoms with E-state index >= 15 is 0 Å². The molecule has 1 fully saturated rings. The van der Waals surface area contributed by atoms with Crippen LogP contribution in [0, 0.1) is 31.6 Å². The molecule has 0 heterocycles. The molecule has 4 nitrogen and oxygen atoms in total. The van der Waals surface area contributed by atoms with E-state index < -0.39 is 17.4 Å². The second kappa shape index (κ2) is 12.0. The van der Waals surface area contributed by atoms with Crippen molar-refractivity contribution in [2.45, 2.75) is 125 Å². The normalized spacial score (nSPS) is 14.9. The summed E-state index contributed by atoms with van der Waals surface area (Å²) in [6, 6.07) is 2.33. The van der Waals surface area contributed by atoms with E-state index in [9.17, 15) is 19.8 Å². The van der Waals surface area contributed by atoms with Crippen molar-refractivity contribution in [3.8, 4) is 0 Å². The Kier molecular flexibility index (Phi) is 10.00. The van der Waals surface area contributed by atoms with Gasteiger partial charge in [-0.25, -0.2) is 0 Å². The predicted octanol–water partition coefficient (Wildman–Crippen LogP) is 7.57. The first-order valence-corrected chi connectivity index (χ1v) is 13.1. The minimum atomic E-state index is -0.702. The second-order valence-electron chi connectivity index (χ2n) is 11.2. The monoisotopic (exact) mass is 458 g/mol. The van der Waals surface area contributed by atoms with Gasteiger partial charge in [0.25, 0.3) is 0 Å². The number of carboxylic acids is 2. The number of aliphatic carboxylic acids is 2. The lowest BCUT2D eigenvalue weighted by atomic mass is 9.86. The Bertz CT molecular complexity index is 817. The van der Waals surface area contributed by atoms with Crippen molar-refractivity contribution in [3.63, 3.8) is 0 Å². The largest absolute Gasteiger partial charge is 0.481 e.